The second-order valence-corrected chi connectivity index (χ2v) is 9.59. The molecule has 2 aromatic carbocycles. The van der Waals surface area contributed by atoms with E-state index in [4.69, 9.17) is 0 Å². The molecule has 6 rings (SSSR count). The molecule has 11 heteroatoms. The summed E-state index contributed by atoms with van der Waals surface area (Å²) in [5.41, 5.74) is 3.73. The second kappa shape index (κ2) is 9.64. The highest BCUT2D eigenvalue weighted by molar-refractivity contribution is 6.02. The summed E-state index contributed by atoms with van der Waals surface area (Å²) < 4.78 is 54.9. The number of benzene rings is 2. The molecule has 5 aromatic rings. The number of anilines is 2. The molecule has 0 spiro atoms. The van der Waals surface area contributed by atoms with Crippen molar-refractivity contribution in [3.63, 3.8) is 0 Å². The van der Waals surface area contributed by atoms with Crippen LogP contribution in [0.3, 0.4) is 0 Å². The Balaban J connectivity index is 1.28. The molecule has 3 heterocycles. The van der Waals surface area contributed by atoms with E-state index in [0.29, 0.717) is 28.1 Å². The second-order valence-electron chi connectivity index (χ2n) is 9.59. The predicted octanol–water partition coefficient (Wildman–Crippen LogP) is 6.73. The lowest BCUT2D eigenvalue weighted by molar-refractivity contribution is -0.0984. The summed E-state index contributed by atoms with van der Waals surface area (Å²) in [7, 11) is 0. The van der Waals surface area contributed by atoms with Crippen LogP contribution >= 0.6 is 0 Å². The van der Waals surface area contributed by atoms with E-state index in [1.54, 1.807) is 42.9 Å². The highest BCUT2D eigenvalue weighted by atomic mass is 19.3. The minimum absolute atomic E-state index is 0.0122. The molecule has 0 saturated heterocycles. The Hall–Kier alpha value is -4.54. The first-order chi connectivity index (χ1) is 18.8. The molecule has 1 aliphatic rings. The quantitative estimate of drug-likeness (QED) is 0.170. The smallest absolute Gasteiger partial charge is 0.256 e. The molecule has 0 unspecified atom stereocenters. The lowest BCUT2D eigenvalue weighted by Gasteiger charge is -2.33. The van der Waals surface area contributed by atoms with E-state index in [1.807, 2.05) is 24.3 Å². The summed E-state index contributed by atoms with van der Waals surface area (Å²) in [6.07, 6.45) is 1.26. The van der Waals surface area contributed by atoms with Gasteiger partial charge < -0.3 is 9.88 Å². The molecule has 0 atom stereocenters. The highest BCUT2D eigenvalue weighted by Crippen LogP contribution is 2.44. The summed E-state index contributed by atoms with van der Waals surface area (Å²) in [5.74, 6) is -3.42. The number of halogens is 4. The number of nitrogens with zero attached hydrogens (tertiary/aromatic N) is 4. The zero-order valence-corrected chi connectivity index (χ0v) is 20.4. The first-order valence-electron chi connectivity index (χ1n) is 12.3. The fourth-order valence-corrected chi connectivity index (χ4v) is 4.86. The van der Waals surface area contributed by atoms with Crippen LogP contribution in [0.4, 0.5) is 29.1 Å². The molecular weight excluding hydrogens is 512 g/mol. The fourth-order valence-electron chi connectivity index (χ4n) is 4.86. The number of carbonyl (C=O) groups is 1. The molecule has 39 heavy (non-hydrogen) atoms. The van der Waals surface area contributed by atoms with Crippen LogP contribution in [0, 0.1) is 5.92 Å². The van der Waals surface area contributed by atoms with E-state index < -0.39 is 43.4 Å². The first kappa shape index (κ1) is 24.8. The van der Waals surface area contributed by atoms with Crippen molar-refractivity contribution in [2.24, 2.45) is 5.92 Å². The number of rotatable bonds is 8. The van der Waals surface area contributed by atoms with E-state index in [2.05, 4.69) is 25.5 Å². The molecule has 0 radical (unpaired) electrons. The molecule has 3 aromatic heterocycles. The number of carbonyl (C=O) groups excluding carboxylic acids is 1. The van der Waals surface area contributed by atoms with E-state index >= 15 is 0 Å². The van der Waals surface area contributed by atoms with Crippen LogP contribution in [-0.2, 0) is 6.54 Å². The molecule has 0 bridgehead atoms. The van der Waals surface area contributed by atoms with Gasteiger partial charge in [0.15, 0.2) is 11.6 Å². The predicted molar refractivity (Wildman–Crippen MR) is 138 cm³/mol. The Morgan fingerprint density at radius 1 is 1.05 bits per heavy atom. The topological polar surface area (TPSA) is 88.5 Å². The van der Waals surface area contributed by atoms with Crippen molar-refractivity contribution in [3.8, 4) is 22.5 Å². The van der Waals surface area contributed by atoms with E-state index in [-0.39, 0.29) is 5.69 Å². The number of hydrogen-bond donors (Lipinski definition) is 2. The summed E-state index contributed by atoms with van der Waals surface area (Å²) >= 11 is 0. The average Bonchev–Trinajstić information content (AvgIpc) is 3.56. The van der Waals surface area contributed by atoms with Gasteiger partial charge in [-0.2, -0.15) is 5.10 Å². The monoisotopic (exact) mass is 534 g/mol. The minimum Gasteiger partial charge on any atom is -0.340 e. The number of H-pyrrole nitrogens is 1. The standard InChI is InChI=1S/C28H22F4N6O/c29-24(30)15-38-22-10-18(2-1-17(22)9-23(38)26(39)19-11-28(31,32)12-19)27-33-8-7-25(37-27)36-21-5-3-16(4-6-21)20-13-34-35-14-20/h1-10,13-14,19,24H,11-12,15H2,(H,34,35)(H,33,36,37). The van der Waals surface area contributed by atoms with Gasteiger partial charge in [0.25, 0.3) is 6.43 Å². The fraction of sp³-hybridized carbons (Fsp3) is 0.214. The molecule has 2 N–H and O–H groups in total. The molecule has 7 nitrogen and oxygen atoms in total. The normalized spacial score (nSPS) is 15.0. The van der Waals surface area contributed by atoms with Crippen molar-refractivity contribution < 1.29 is 22.4 Å². The van der Waals surface area contributed by atoms with Crippen molar-refractivity contribution in [3.05, 3.63) is 78.9 Å². The van der Waals surface area contributed by atoms with Crippen molar-refractivity contribution in [2.45, 2.75) is 31.7 Å². The maximum Gasteiger partial charge on any atom is 0.256 e. The van der Waals surface area contributed by atoms with Crippen molar-refractivity contribution in [2.75, 3.05) is 5.32 Å². The highest BCUT2D eigenvalue weighted by Gasteiger charge is 2.49. The molecule has 198 valence electrons. The van der Waals surface area contributed by atoms with Gasteiger partial charge in [-0.15, -0.1) is 0 Å². The van der Waals surface area contributed by atoms with Gasteiger partial charge in [0.2, 0.25) is 5.92 Å². The summed E-state index contributed by atoms with van der Waals surface area (Å²) in [4.78, 5) is 21.8. The maximum absolute atomic E-state index is 13.5. The molecule has 1 saturated carbocycles. The molecular formula is C28H22F4N6O. The third kappa shape index (κ3) is 4.99. The zero-order chi connectivity index (χ0) is 27.1. The number of fused-ring (bicyclic) bond motifs is 1. The van der Waals surface area contributed by atoms with Crippen LogP contribution < -0.4 is 5.32 Å². The summed E-state index contributed by atoms with van der Waals surface area (Å²) in [5, 5.41) is 10.5. The van der Waals surface area contributed by atoms with Crippen molar-refractivity contribution >= 4 is 28.2 Å². The van der Waals surface area contributed by atoms with Gasteiger partial charge in [0, 0.05) is 58.9 Å². The van der Waals surface area contributed by atoms with E-state index in [9.17, 15) is 22.4 Å². The molecule has 0 amide bonds. The molecule has 1 aliphatic carbocycles. The Kier molecular flexibility index (Phi) is 6.13. The van der Waals surface area contributed by atoms with Gasteiger partial charge in [-0.25, -0.2) is 27.5 Å². The number of hydrogen-bond acceptors (Lipinski definition) is 5. The van der Waals surface area contributed by atoms with Crippen molar-refractivity contribution in [1.29, 1.82) is 0 Å². The number of nitrogens with one attached hydrogen (secondary N) is 2. The number of ketones is 1. The van der Waals surface area contributed by atoms with Crippen LogP contribution in [0.1, 0.15) is 23.3 Å². The Morgan fingerprint density at radius 2 is 1.82 bits per heavy atom. The third-order valence-corrected chi connectivity index (χ3v) is 6.84. The van der Waals surface area contributed by atoms with Gasteiger partial charge in [0.1, 0.15) is 5.82 Å². The van der Waals surface area contributed by atoms with E-state index in [0.717, 1.165) is 16.8 Å². The Labute approximate surface area is 219 Å². The van der Waals surface area contributed by atoms with Gasteiger partial charge in [0.05, 0.1) is 18.4 Å². The maximum atomic E-state index is 13.5. The number of alkyl halides is 4. The van der Waals surface area contributed by atoms with E-state index in [1.165, 1.54) is 10.6 Å². The number of aromatic nitrogens is 5. The van der Waals surface area contributed by atoms with Crippen LogP contribution in [0.25, 0.3) is 33.4 Å². The van der Waals surface area contributed by atoms with Gasteiger partial charge >= 0.3 is 0 Å². The SMILES string of the molecule is O=C(c1cc2ccc(-c3nccc(Nc4ccc(-c5cn[nH]c5)cc4)n3)cc2n1CC(F)F)C1CC(F)(F)C1. The third-order valence-electron chi connectivity index (χ3n) is 6.84. The van der Waals surface area contributed by atoms with Crippen LogP contribution in [0.5, 0.6) is 0 Å². The minimum atomic E-state index is -2.88. The van der Waals surface area contributed by atoms with Gasteiger partial charge in [-0.1, -0.05) is 24.3 Å². The molecule has 0 aliphatic heterocycles. The first-order valence-corrected chi connectivity index (χ1v) is 12.3. The van der Waals surface area contributed by atoms with Crippen LogP contribution in [0.15, 0.2) is 73.2 Å². The summed E-state index contributed by atoms with van der Waals surface area (Å²) in [6, 6.07) is 16.0. The van der Waals surface area contributed by atoms with Crippen molar-refractivity contribution in [1.82, 2.24) is 24.7 Å². The Bertz CT molecular complexity index is 1640. The average molecular weight is 535 g/mol. The number of Topliss-reactive ketones (excluding diaryl/α,β-unsaturated/α-hetero) is 1. The summed E-state index contributed by atoms with van der Waals surface area (Å²) in [6.45, 7) is -0.728. The van der Waals surface area contributed by atoms with Gasteiger partial charge in [-0.3, -0.25) is 9.89 Å². The zero-order valence-electron chi connectivity index (χ0n) is 20.4. The lowest BCUT2D eigenvalue weighted by Crippen LogP contribution is -2.40. The van der Waals surface area contributed by atoms with Crippen LogP contribution in [0.2, 0.25) is 0 Å². The largest absolute Gasteiger partial charge is 0.340 e. The van der Waals surface area contributed by atoms with Crippen LogP contribution in [-0.4, -0.2) is 42.9 Å². The lowest BCUT2D eigenvalue weighted by atomic mass is 9.77. The van der Waals surface area contributed by atoms with Gasteiger partial charge in [-0.05, 0) is 35.9 Å². The Morgan fingerprint density at radius 3 is 2.51 bits per heavy atom. The molecule has 1 fully saturated rings. The number of aromatic amines is 1.